The van der Waals surface area contributed by atoms with Crippen molar-refractivity contribution >= 4 is 30.9 Å². The molecule has 0 saturated carbocycles. The van der Waals surface area contributed by atoms with Crippen molar-refractivity contribution in [2.45, 2.75) is 58.5 Å². The molecule has 0 aliphatic carbocycles. The van der Waals surface area contributed by atoms with E-state index in [0.29, 0.717) is 43.7 Å². The van der Waals surface area contributed by atoms with Gasteiger partial charge in [0, 0.05) is 39.5 Å². The average molecular weight is 513 g/mol. The fourth-order valence-electron chi connectivity index (χ4n) is 4.62. The molecule has 1 saturated heterocycles. The molecule has 6 nitrogen and oxygen atoms in total. The molecule has 194 valence electrons. The summed E-state index contributed by atoms with van der Waals surface area (Å²) < 4.78 is 20.0. The number of rotatable bonds is 9. The molecular formula is C28H37FN2O4Si. The third-order valence-corrected chi connectivity index (χ3v) is 8.79. The first-order chi connectivity index (χ1) is 17.0. The Bertz CT molecular complexity index is 1090. The largest absolute Gasteiger partial charge is 0.380 e. The summed E-state index contributed by atoms with van der Waals surface area (Å²) >= 11 is 0. The van der Waals surface area contributed by atoms with Crippen LogP contribution in [0.5, 0.6) is 0 Å². The Morgan fingerprint density at radius 3 is 2.19 bits per heavy atom. The minimum absolute atomic E-state index is 0.00504. The maximum Gasteiger partial charge on any atom is 0.224 e. The maximum atomic E-state index is 14.8. The summed E-state index contributed by atoms with van der Waals surface area (Å²) in [7, 11) is -0.217. The monoisotopic (exact) mass is 512 g/mol. The van der Waals surface area contributed by atoms with Gasteiger partial charge in [-0.15, -0.1) is 0 Å². The van der Waals surface area contributed by atoms with E-state index in [1.165, 1.54) is 13.0 Å². The zero-order valence-electron chi connectivity index (χ0n) is 21.9. The van der Waals surface area contributed by atoms with E-state index in [-0.39, 0.29) is 35.8 Å². The van der Waals surface area contributed by atoms with Crippen molar-refractivity contribution in [1.82, 2.24) is 10.2 Å². The first-order valence-electron chi connectivity index (χ1n) is 12.4. The molecule has 1 atom stereocenters. The first-order valence-corrected chi connectivity index (χ1v) is 15.9. The summed E-state index contributed by atoms with van der Waals surface area (Å²) in [6.45, 7) is 9.27. The highest BCUT2D eigenvalue weighted by Gasteiger charge is 2.30. The fourth-order valence-corrected chi connectivity index (χ4v) is 5.99. The second-order valence-electron chi connectivity index (χ2n) is 10.6. The van der Waals surface area contributed by atoms with Crippen LogP contribution in [0.3, 0.4) is 0 Å². The Morgan fingerprint density at radius 1 is 1.06 bits per heavy atom. The van der Waals surface area contributed by atoms with Crippen LogP contribution < -0.4 is 10.5 Å². The molecule has 1 N–H and O–H groups in total. The number of hydrogen-bond acceptors (Lipinski definition) is 4. The number of piperidine rings is 1. The van der Waals surface area contributed by atoms with Gasteiger partial charge in [0.1, 0.15) is 11.9 Å². The van der Waals surface area contributed by atoms with Crippen LogP contribution in [0.25, 0.3) is 0 Å². The number of ketones is 1. The highest BCUT2D eigenvalue weighted by atomic mass is 28.3. The van der Waals surface area contributed by atoms with Crippen molar-refractivity contribution in [3.05, 3.63) is 65.0 Å². The molecule has 3 rings (SSSR count). The minimum Gasteiger partial charge on any atom is -0.380 e. The molecule has 2 amide bonds. The van der Waals surface area contributed by atoms with Gasteiger partial charge >= 0.3 is 0 Å². The van der Waals surface area contributed by atoms with Crippen LogP contribution in [0, 0.1) is 11.7 Å². The standard InChI is InChI=1S/C28H37FN2O4Si/c1-19(32)31-14-12-23(13-15-31)28(34)30-27(22-9-6-20(7-10-22)18-35-2)25(33)17-21-8-11-26(24(29)16-21)36(3,4)5/h6-11,16,23,27H,12-15,17-18H2,1-5H3,(H,30,34)/t27-/m1/s1. The summed E-state index contributed by atoms with van der Waals surface area (Å²) in [5.41, 5.74) is 2.22. The number of ether oxygens (including phenoxy) is 1. The summed E-state index contributed by atoms with van der Waals surface area (Å²) in [5.74, 6) is -0.939. The lowest BCUT2D eigenvalue weighted by Crippen LogP contribution is -2.44. The Hall–Kier alpha value is -2.84. The van der Waals surface area contributed by atoms with Crippen LogP contribution in [-0.4, -0.2) is 50.8 Å². The Labute approximate surface area is 214 Å². The number of carbonyl (C=O) groups is 3. The number of amides is 2. The van der Waals surface area contributed by atoms with Gasteiger partial charge in [0.2, 0.25) is 11.8 Å². The number of Topliss-reactive ketones (excluding diaryl/α,β-unsaturated/α-hetero) is 1. The summed E-state index contributed by atoms with van der Waals surface area (Å²) in [5, 5.41) is 3.69. The van der Waals surface area contributed by atoms with Crippen LogP contribution in [0.15, 0.2) is 42.5 Å². The molecule has 0 aromatic heterocycles. The van der Waals surface area contributed by atoms with Crippen LogP contribution in [-0.2, 0) is 32.1 Å². The van der Waals surface area contributed by atoms with Crippen LogP contribution in [0.4, 0.5) is 4.39 Å². The molecule has 0 bridgehead atoms. The van der Waals surface area contributed by atoms with Crippen molar-refractivity contribution in [1.29, 1.82) is 0 Å². The van der Waals surface area contributed by atoms with Gasteiger partial charge in [0.25, 0.3) is 0 Å². The molecular weight excluding hydrogens is 475 g/mol. The van der Waals surface area contributed by atoms with Crippen LogP contribution >= 0.6 is 0 Å². The van der Waals surface area contributed by atoms with E-state index in [1.807, 2.05) is 30.3 Å². The van der Waals surface area contributed by atoms with E-state index in [2.05, 4.69) is 25.0 Å². The fraction of sp³-hybridized carbons (Fsp3) is 0.464. The number of nitrogens with zero attached hydrogens (tertiary/aromatic N) is 1. The topological polar surface area (TPSA) is 75.7 Å². The molecule has 1 aliphatic heterocycles. The van der Waals surface area contributed by atoms with E-state index in [4.69, 9.17) is 4.74 Å². The predicted molar refractivity (Wildman–Crippen MR) is 141 cm³/mol. The number of methoxy groups -OCH3 is 1. The molecule has 0 unspecified atom stereocenters. The maximum absolute atomic E-state index is 14.8. The number of carbonyl (C=O) groups excluding carboxylic acids is 3. The van der Waals surface area contributed by atoms with Crippen LogP contribution in [0.2, 0.25) is 19.6 Å². The molecule has 1 aliphatic rings. The van der Waals surface area contributed by atoms with Crippen LogP contribution in [0.1, 0.15) is 42.5 Å². The van der Waals surface area contributed by atoms with Crippen molar-refractivity contribution in [2.24, 2.45) is 5.92 Å². The molecule has 0 spiro atoms. The third kappa shape index (κ3) is 7.10. The van der Waals surface area contributed by atoms with E-state index < -0.39 is 14.1 Å². The average Bonchev–Trinajstić information content (AvgIpc) is 2.82. The summed E-state index contributed by atoms with van der Waals surface area (Å²) in [4.78, 5) is 40.0. The van der Waals surface area contributed by atoms with Gasteiger partial charge in [0.05, 0.1) is 14.7 Å². The highest BCUT2D eigenvalue weighted by molar-refractivity contribution is 6.88. The summed E-state index contributed by atoms with van der Waals surface area (Å²) in [6, 6.07) is 11.6. The predicted octanol–water partition coefficient (Wildman–Crippen LogP) is 3.74. The third-order valence-electron chi connectivity index (χ3n) is 6.76. The summed E-state index contributed by atoms with van der Waals surface area (Å²) in [6.07, 6.45) is 1.13. The number of likely N-dealkylation sites (tertiary alicyclic amines) is 1. The van der Waals surface area contributed by atoms with Gasteiger partial charge in [-0.1, -0.05) is 56.0 Å². The smallest absolute Gasteiger partial charge is 0.224 e. The minimum atomic E-state index is -1.83. The van der Waals surface area contributed by atoms with Gasteiger partial charge in [-0.25, -0.2) is 4.39 Å². The Balaban J connectivity index is 1.80. The molecule has 1 fully saturated rings. The van der Waals surface area contributed by atoms with E-state index in [1.54, 1.807) is 18.1 Å². The highest BCUT2D eigenvalue weighted by Crippen LogP contribution is 2.23. The molecule has 2 aromatic carbocycles. The van der Waals surface area contributed by atoms with Crippen molar-refractivity contribution < 1.29 is 23.5 Å². The Morgan fingerprint density at radius 2 is 1.67 bits per heavy atom. The van der Waals surface area contributed by atoms with Crippen molar-refractivity contribution in [3.63, 3.8) is 0 Å². The van der Waals surface area contributed by atoms with E-state index in [9.17, 15) is 18.8 Å². The van der Waals surface area contributed by atoms with Gasteiger partial charge in [-0.2, -0.15) is 0 Å². The molecule has 36 heavy (non-hydrogen) atoms. The molecule has 0 radical (unpaired) electrons. The normalized spacial score (nSPS) is 15.4. The van der Waals surface area contributed by atoms with E-state index in [0.717, 1.165) is 10.8 Å². The molecule has 1 heterocycles. The number of nitrogens with one attached hydrogen (secondary N) is 1. The number of halogens is 1. The lowest BCUT2D eigenvalue weighted by Gasteiger charge is -2.31. The quantitative estimate of drug-likeness (QED) is 0.520. The lowest BCUT2D eigenvalue weighted by molar-refractivity contribution is -0.135. The van der Waals surface area contributed by atoms with Gasteiger partial charge in [-0.05, 0) is 40.8 Å². The lowest BCUT2D eigenvalue weighted by atomic mass is 9.93. The second kappa shape index (κ2) is 11.9. The Kier molecular flexibility index (Phi) is 9.19. The SMILES string of the molecule is COCc1ccc([C@@H](NC(=O)C2CCN(C(C)=O)CC2)C(=O)Cc2ccc([Si](C)(C)C)c(F)c2)cc1. The molecule has 8 heteroatoms. The first kappa shape index (κ1) is 27.7. The second-order valence-corrected chi connectivity index (χ2v) is 15.6. The zero-order valence-corrected chi connectivity index (χ0v) is 22.9. The van der Waals surface area contributed by atoms with Crippen molar-refractivity contribution in [2.75, 3.05) is 20.2 Å². The van der Waals surface area contributed by atoms with E-state index >= 15 is 0 Å². The van der Waals surface area contributed by atoms with Gasteiger partial charge in [0.15, 0.2) is 5.78 Å². The molecule has 2 aromatic rings. The number of benzene rings is 2. The zero-order chi connectivity index (χ0) is 26.5. The van der Waals surface area contributed by atoms with Gasteiger partial charge in [-0.3, -0.25) is 14.4 Å². The van der Waals surface area contributed by atoms with Crippen molar-refractivity contribution in [3.8, 4) is 0 Å². The number of hydrogen-bond donors (Lipinski definition) is 1. The van der Waals surface area contributed by atoms with Gasteiger partial charge < -0.3 is 15.0 Å².